The molecule has 6 heteroatoms. The van der Waals surface area contributed by atoms with Crippen LogP contribution < -0.4 is 14.2 Å². The smallest absolute Gasteiger partial charge is 0.493 e. The Morgan fingerprint density at radius 2 is 1.67 bits per heavy atom. The van der Waals surface area contributed by atoms with Gasteiger partial charge in [0.1, 0.15) is 5.75 Å². The minimum atomic E-state index is -4.73. The number of methoxy groups -OCH3 is 1. The van der Waals surface area contributed by atoms with Crippen molar-refractivity contribution in [1.82, 2.24) is 0 Å². The number of hydrogen-bond acceptors (Lipinski definition) is 3. The summed E-state index contributed by atoms with van der Waals surface area (Å²) in [7, 11) is 1.42. The normalized spacial score (nSPS) is 11.6. The number of hydrogen-bond donors (Lipinski definition) is 0. The van der Waals surface area contributed by atoms with E-state index in [2.05, 4.69) is 4.74 Å². The van der Waals surface area contributed by atoms with E-state index in [1.165, 1.54) is 26.2 Å². The molecule has 0 atom stereocenters. The second-order valence-electron chi connectivity index (χ2n) is 3.98. The van der Waals surface area contributed by atoms with Crippen molar-refractivity contribution in [3.63, 3.8) is 0 Å². The summed E-state index contributed by atoms with van der Waals surface area (Å²) < 4.78 is 51.0. The van der Waals surface area contributed by atoms with Crippen LogP contribution in [0.1, 0.15) is 19.4 Å². The predicted molar refractivity (Wildman–Crippen MR) is 60.2 cm³/mol. The first-order valence-corrected chi connectivity index (χ1v) is 5.34. The van der Waals surface area contributed by atoms with Gasteiger partial charge in [-0.2, -0.15) is 0 Å². The number of aryl methyl sites for hydroxylation is 1. The maximum atomic E-state index is 12.2. The fourth-order valence-electron chi connectivity index (χ4n) is 1.38. The zero-order valence-corrected chi connectivity index (χ0v) is 10.6. The van der Waals surface area contributed by atoms with Crippen LogP contribution in [0.5, 0.6) is 17.2 Å². The predicted octanol–water partition coefficient (Wildman–Crippen LogP) is 3.69. The summed E-state index contributed by atoms with van der Waals surface area (Å²) in [4.78, 5) is 0. The van der Waals surface area contributed by atoms with Crippen LogP contribution in [0.25, 0.3) is 0 Å². The van der Waals surface area contributed by atoms with Gasteiger partial charge in [-0.15, -0.1) is 13.2 Å². The summed E-state index contributed by atoms with van der Waals surface area (Å²) in [6, 6.07) is 2.63. The average molecular weight is 264 g/mol. The first-order valence-electron chi connectivity index (χ1n) is 5.34. The number of alkyl halides is 3. The fraction of sp³-hybridized carbons (Fsp3) is 0.500. The van der Waals surface area contributed by atoms with Crippen molar-refractivity contribution in [2.45, 2.75) is 33.2 Å². The van der Waals surface area contributed by atoms with Crippen molar-refractivity contribution in [3.05, 3.63) is 17.7 Å². The van der Waals surface area contributed by atoms with Gasteiger partial charge in [0, 0.05) is 6.07 Å². The molecule has 0 heterocycles. The SMILES string of the molecule is COc1cc(C)c(OC(F)(F)F)cc1OC(C)C. The van der Waals surface area contributed by atoms with Crippen LogP contribution in [0.4, 0.5) is 13.2 Å². The molecule has 0 saturated carbocycles. The number of halogens is 3. The summed E-state index contributed by atoms with van der Waals surface area (Å²) in [6.07, 6.45) is -4.91. The second-order valence-corrected chi connectivity index (χ2v) is 3.98. The molecule has 0 aliphatic rings. The third-order valence-electron chi connectivity index (χ3n) is 2.05. The van der Waals surface area contributed by atoms with Gasteiger partial charge in [-0.3, -0.25) is 0 Å². The minimum Gasteiger partial charge on any atom is -0.493 e. The summed E-state index contributed by atoms with van der Waals surface area (Å²) in [6.45, 7) is 5.04. The molecule has 0 aliphatic heterocycles. The Hall–Kier alpha value is -1.59. The molecular formula is C12H15F3O3. The lowest BCUT2D eigenvalue weighted by Gasteiger charge is -2.17. The Kier molecular flexibility index (Phi) is 4.32. The van der Waals surface area contributed by atoms with Crippen LogP contribution in [0, 0.1) is 6.92 Å². The molecule has 102 valence electrons. The molecule has 0 spiro atoms. The average Bonchev–Trinajstić information content (AvgIpc) is 2.19. The van der Waals surface area contributed by atoms with Gasteiger partial charge < -0.3 is 14.2 Å². The van der Waals surface area contributed by atoms with Gasteiger partial charge in [0.2, 0.25) is 0 Å². The van der Waals surface area contributed by atoms with Crippen LogP contribution in [0.2, 0.25) is 0 Å². The molecule has 0 N–H and O–H groups in total. The van der Waals surface area contributed by atoms with Crippen LogP contribution in [0.3, 0.4) is 0 Å². The molecule has 18 heavy (non-hydrogen) atoms. The summed E-state index contributed by atoms with van der Waals surface area (Å²) in [5, 5.41) is 0. The number of ether oxygens (including phenoxy) is 3. The van der Waals surface area contributed by atoms with Crippen LogP contribution in [-0.4, -0.2) is 19.6 Å². The van der Waals surface area contributed by atoms with Gasteiger partial charge in [0.25, 0.3) is 0 Å². The first-order chi connectivity index (χ1) is 8.23. The Morgan fingerprint density at radius 3 is 2.11 bits per heavy atom. The van der Waals surface area contributed by atoms with Gasteiger partial charge in [0.05, 0.1) is 13.2 Å². The van der Waals surface area contributed by atoms with Crippen LogP contribution >= 0.6 is 0 Å². The van der Waals surface area contributed by atoms with Gasteiger partial charge in [-0.1, -0.05) is 0 Å². The lowest BCUT2D eigenvalue weighted by Crippen LogP contribution is -2.18. The fourth-order valence-corrected chi connectivity index (χ4v) is 1.38. The minimum absolute atomic E-state index is 0.180. The van der Waals surface area contributed by atoms with Crippen molar-refractivity contribution in [2.75, 3.05) is 7.11 Å². The lowest BCUT2D eigenvalue weighted by atomic mass is 10.2. The highest BCUT2D eigenvalue weighted by Crippen LogP contribution is 2.37. The third kappa shape index (κ3) is 4.01. The van der Waals surface area contributed by atoms with E-state index in [4.69, 9.17) is 9.47 Å². The molecule has 1 aromatic rings. The highest BCUT2D eigenvalue weighted by atomic mass is 19.4. The van der Waals surface area contributed by atoms with Gasteiger partial charge >= 0.3 is 6.36 Å². The molecule has 0 unspecified atom stereocenters. The van der Waals surface area contributed by atoms with Crippen molar-refractivity contribution in [1.29, 1.82) is 0 Å². The highest BCUT2D eigenvalue weighted by molar-refractivity contribution is 5.50. The standard InChI is InChI=1S/C12H15F3O3/c1-7(2)17-11-6-9(18-12(13,14)15)8(3)5-10(11)16-4/h5-7H,1-4H3. The van der Waals surface area contributed by atoms with E-state index in [0.29, 0.717) is 11.3 Å². The van der Waals surface area contributed by atoms with E-state index in [-0.39, 0.29) is 17.6 Å². The Balaban J connectivity index is 3.12. The maximum absolute atomic E-state index is 12.2. The Morgan fingerprint density at radius 1 is 1.06 bits per heavy atom. The van der Waals surface area contributed by atoms with Crippen molar-refractivity contribution >= 4 is 0 Å². The van der Waals surface area contributed by atoms with E-state index in [1.807, 2.05) is 0 Å². The zero-order chi connectivity index (χ0) is 13.9. The molecule has 1 rings (SSSR count). The molecule has 0 bridgehead atoms. The Labute approximate surface area is 103 Å². The molecule has 1 aromatic carbocycles. The van der Waals surface area contributed by atoms with Crippen LogP contribution in [0.15, 0.2) is 12.1 Å². The maximum Gasteiger partial charge on any atom is 0.573 e. The molecule has 0 amide bonds. The second kappa shape index (κ2) is 5.37. The molecular weight excluding hydrogens is 249 g/mol. The summed E-state index contributed by atoms with van der Waals surface area (Å²) in [5.74, 6) is 0.298. The Bertz CT molecular complexity index is 414. The van der Waals surface area contributed by atoms with Crippen molar-refractivity contribution < 1.29 is 27.4 Å². The van der Waals surface area contributed by atoms with Gasteiger partial charge in [-0.25, -0.2) is 0 Å². The zero-order valence-electron chi connectivity index (χ0n) is 10.6. The summed E-state index contributed by atoms with van der Waals surface area (Å²) >= 11 is 0. The quantitative estimate of drug-likeness (QED) is 0.830. The lowest BCUT2D eigenvalue weighted by molar-refractivity contribution is -0.274. The largest absolute Gasteiger partial charge is 0.573 e. The highest BCUT2D eigenvalue weighted by Gasteiger charge is 2.32. The molecule has 3 nitrogen and oxygen atoms in total. The van der Waals surface area contributed by atoms with E-state index in [0.717, 1.165) is 0 Å². The van der Waals surface area contributed by atoms with Crippen LogP contribution in [-0.2, 0) is 0 Å². The molecule has 0 saturated heterocycles. The van der Waals surface area contributed by atoms with Crippen molar-refractivity contribution in [2.24, 2.45) is 0 Å². The van der Waals surface area contributed by atoms with Gasteiger partial charge in [0.15, 0.2) is 11.5 Å². The molecule has 0 radical (unpaired) electrons. The number of rotatable bonds is 4. The third-order valence-corrected chi connectivity index (χ3v) is 2.05. The van der Waals surface area contributed by atoms with E-state index in [9.17, 15) is 13.2 Å². The first kappa shape index (κ1) is 14.5. The monoisotopic (exact) mass is 264 g/mol. The van der Waals surface area contributed by atoms with Gasteiger partial charge in [-0.05, 0) is 32.4 Å². The van der Waals surface area contributed by atoms with E-state index in [1.54, 1.807) is 13.8 Å². The molecule has 0 fully saturated rings. The summed E-state index contributed by atoms with van der Waals surface area (Å²) in [5.41, 5.74) is 0.320. The van der Waals surface area contributed by atoms with E-state index < -0.39 is 6.36 Å². The molecule has 0 aliphatic carbocycles. The number of benzene rings is 1. The van der Waals surface area contributed by atoms with Crippen molar-refractivity contribution in [3.8, 4) is 17.2 Å². The van der Waals surface area contributed by atoms with E-state index >= 15 is 0 Å². The topological polar surface area (TPSA) is 27.7 Å². The molecule has 0 aromatic heterocycles.